The second-order valence-corrected chi connectivity index (χ2v) is 6.25. The normalized spacial score (nSPS) is 21.9. The molecule has 0 amide bonds. The van der Waals surface area contributed by atoms with Gasteiger partial charge in [0.15, 0.2) is 0 Å². The van der Waals surface area contributed by atoms with E-state index in [9.17, 15) is 0 Å². The number of hydrogen-bond donors (Lipinski definition) is 0. The van der Waals surface area contributed by atoms with Gasteiger partial charge in [-0.2, -0.15) is 0 Å². The third-order valence-electron chi connectivity index (χ3n) is 4.50. The smallest absolute Gasteiger partial charge is 0.122 e. The maximum absolute atomic E-state index is 6.25. The third kappa shape index (κ3) is 3.29. The molecule has 116 valence electrons. The molecule has 0 bridgehead atoms. The van der Waals surface area contributed by atoms with E-state index in [1.807, 2.05) is 12.1 Å². The summed E-state index contributed by atoms with van der Waals surface area (Å²) >= 11 is 6.25. The van der Waals surface area contributed by atoms with Gasteiger partial charge in [-0.05, 0) is 23.1 Å². The van der Waals surface area contributed by atoms with Gasteiger partial charge in [-0.3, -0.25) is 4.90 Å². The molecule has 0 radical (unpaired) electrons. The third-order valence-corrected chi connectivity index (χ3v) is 4.90. The van der Waals surface area contributed by atoms with Crippen molar-refractivity contribution in [3.63, 3.8) is 0 Å². The molecule has 2 nitrogen and oxygen atoms in total. The fourth-order valence-corrected chi connectivity index (χ4v) is 3.73. The summed E-state index contributed by atoms with van der Waals surface area (Å²) in [7, 11) is 1.74. The minimum Gasteiger partial charge on any atom is -0.496 e. The Balaban J connectivity index is 1.77. The van der Waals surface area contributed by atoms with Crippen LogP contribution in [0.1, 0.15) is 17.0 Å². The Morgan fingerprint density at radius 3 is 2.50 bits per heavy atom. The zero-order chi connectivity index (χ0) is 15.4. The summed E-state index contributed by atoms with van der Waals surface area (Å²) in [5, 5.41) is 0. The van der Waals surface area contributed by atoms with E-state index in [0.29, 0.717) is 17.7 Å². The quantitative estimate of drug-likeness (QED) is 0.769. The van der Waals surface area contributed by atoms with E-state index >= 15 is 0 Å². The van der Waals surface area contributed by atoms with Crippen molar-refractivity contribution in [2.45, 2.75) is 12.5 Å². The summed E-state index contributed by atoms with van der Waals surface area (Å²) in [6.07, 6.45) is 0. The van der Waals surface area contributed by atoms with Crippen LogP contribution in [0.3, 0.4) is 0 Å². The molecule has 0 saturated carbocycles. The van der Waals surface area contributed by atoms with Crippen molar-refractivity contribution in [2.75, 3.05) is 26.1 Å². The molecule has 22 heavy (non-hydrogen) atoms. The molecular weight excluding hydrogens is 294 g/mol. The lowest BCUT2D eigenvalue weighted by Crippen LogP contribution is -2.20. The van der Waals surface area contributed by atoms with E-state index in [4.69, 9.17) is 16.3 Å². The lowest BCUT2D eigenvalue weighted by molar-refractivity contribution is 0.319. The van der Waals surface area contributed by atoms with Crippen molar-refractivity contribution in [3.8, 4) is 5.75 Å². The predicted molar refractivity (Wildman–Crippen MR) is 91.7 cm³/mol. The van der Waals surface area contributed by atoms with Crippen molar-refractivity contribution >= 4 is 11.6 Å². The van der Waals surface area contributed by atoms with Crippen molar-refractivity contribution in [3.05, 3.63) is 65.7 Å². The first-order chi connectivity index (χ1) is 10.8. The van der Waals surface area contributed by atoms with Crippen LogP contribution in [0, 0.1) is 5.92 Å². The number of nitrogens with zero attached hydrogens (tertiary/aromatic N) is 1. The molecule has 0 aromatic heterocycles. The van der Waals surface area contributed by atoms with Crippen LogP contribution in [0.5, 0.6) is 5.75 Å². The van der Waals surface area contributed by atoms with E-state index in [0.717, 1.165) is 25.4 Å². The lowest BCUT2D eigenvalue weighted by atomic mass is 9.89. The maximum Gasteiger partial charge on any atom is 0.122 e. The minimum atomic E-state index is 0.442. The Kier molecular flexibility index (Phi) is 5.01. The molecule has 1 fully saturated rings. The number of alkyl halides is 1. The molecule has 0 spiro atoms. The number of likely N-dealkylation sites (tertiary alicyclic amines) is 1. The molecule has 0 aliphatic carbocycles. The number of ether oxygens (including phenoxy) is 1. The highest BCUT2D eigenvalue weighted by molar-refractivity contribution is 6.18. The molecule has 3 rings (SSSR count). The van der Waals surface area contributed by atoms with E-state index in [1.54, 1.807) is 7.11 Å². The molecule has 1 aliphatic heterocycles. The Hall–Kier alpha value is -1.51. The number of rotatable bonds is 5. The molecule has 1 saturated heterocycles. The van der Waals surface area contributed by atoms with Crippen molar-refractivity contribution < 1.29 is 4.74 Å². The van der Waals surface area contributed by atoms with Crippen LogP contribution in [0.2, 0.25) is 0 Å². The summed E-state index contributed by atoms with van der Waals surface area (Å²) in [6, 6.07) is 19.0. The van der Waals surface area contributed by atoms with Crippen LogP contribution in [0.4, 0.5) is 0 Å². The molecule has 0 N–H and O–H groups in total. The molecule has 3 heteroatoms. The van der Waals surface area contributed by atoms with Crippen LogP contribution >= 0.6 is 11.6 Å². The maximum atomic E-state index is 6.25. The average Bonchev–Trinajstić information content (AvgIpc) is 2.98. The van der Waals surface area contributed by atoms with E-state index in [2.05, 4.69) is 47.4 Å². The van der Waals surface area contributed by atoms with Gasteiger partial charge in [-0.15, -0.1) is 11.6 Å². The monoisotopic (exact) mass is 315 g/mol. The second-order valence-electron chi connectivity index (χ2n) is 5.94. The summed E-state index contributed by atoms with van der Waals surface area (Å²) < 4.78 is 5.54. The highest BCUT2D eigenvalue weighted by atomic mass is 35.5. The van der Waals surface area contributed by atoms with Crippen molar-refractivity contribution in [1.29, 1.82) is 0 Å². The number of para-hydroxylation sites is 1. The summed E-state index contributed by atoms with van der Waals surface area (Å²) in [4.78, 5) is 2.50. The number of hydrogen-bond acceptors (Lipinski definition) is 2. The van der Waals surface area contributed by atoms with E-state index < -0.39 is 0 Å². The van der Waals surface area contributed by atoms with Gasteiger partial charge in [0.1, 0.15) is 5.75 Å². The Morgan fingerprint density at radius 1 is 1.05 bits per heavy atom. The Labute approximate surface area is 137 Å². The largest absolute Gasteiger partial charge is 0.496 e. The zero-order valence-electron chi connectivity index (χ0n) is 12.9. The van der Waals surface area contributed by atoms with Crippen LogP contribution in [-0.2, 0) is 6.54 Å². The van der Waals surface area contributed by atoms with Crippen LogP contribution in [0.15, 0.2) is 54.6 Å². The molecule has 2 aromatic rings. The first-order valence-corrected chi connectivity index (χ1v) is 8.30. The van der Waals surface area contributed by atoms with E-state index in [1.165, 1.54) is 11.1 Å². The summed E-state index contributed by atoms with van der Waals surface area (Å²) in [5.41, 5.74) is 2.64. The average molecular weight is 316 g/mol. The first-order valence-electron chi connectivity index (χ1n) is 7.77. The number of methoxy groups -OCH3 is 1. The van der Waals surface area contributed by atoms with Gasteiger partial charge in [0.25, 0.3) is 0 Å². The number of halogens is 1. The molecule has 2 unspecified atom stereocenters. The molecule has 2 atom stereocenters. The molecule has 1 aliphatic rings. The Bertz CT molecular complexity index is 601. The highest BCUT2D eigenvalue weighted by Gasteiger charge is 2.34. The zero-order valence-corrected chi connectivity index (χ0v) is 13.7. The standard InChI is InChI=1S/C19H22ClNO/c1-22-19-10-6-5-9-17(19)18-14-21(13-16(18)11-20)12-15-7-3-2-4-8-15/h2-10,16,18H,11-14H2,1H3. The topological polar surface area (TPSA) is 12.5 Å². The van der Waals surface area contributed by atoms with Gasteiger partial charge in [0.2, 0.25) is 0 Å². The van der Waals surface area contributed by atoms with Gasteiger partial charge < -0.3 is 4.74 Å². The minimum absolute atomic E-state index is 0.442. The van der Waals surface area contributed by atoms with Crippen LogP contribution in [-0.4, -0.2) is 31.0 Å². The van der Waals surface area contributed by atoms with Crippen LogP contribution < -0.4 is 4.74 Å². The van der Waals surface area contributed by atoms with Gasteiger partial charge in [-0.1, -0.05) is 48.5 Å². The first kappa shape index (κ1) is 15.4. The van der Waals surface area contributed by atoms with Gasteiger partial charge >= 0.3 is 0 Å². The van der Waals surface area contributed by atoms with Crippen LogP contribution in [0.25, 0.3) is 0 Å². The lowest BCUT2D eigenvalue weighted by Gasteiger charge is -2.19. The fourth-order valence-electron chi connectivity index (χ4n) is 3.41. The molecule has 2 aromatic carbocycles. The van der Waals surface area contributed by atoms with Gasteiger partial charge in [0, 0.05) is 31.4 Å². The summed E-state index contributed by atoms with van der Waals surface area (Å²) in [6.45, 7) is 3.06. The molecular formula is C19H22ClNO. The van der Waals surface area contributed by atoms with E-state index in [-0.39, 0.29) is 0 Å². The second kappa shape index (κ2) is 7.17. The Morgan fingerprint density at radius 2 is 1.77 bits per heavy atom. The fraction of sp³-hybridized carbons (Fsp3) is 0.368. The van der Waals surface area contributed by atoms with Gasteiger partial charge in [0.05, 0.1) is 7.11 Å². The van der Waals surface area contributed by atoms with Crippen molar-refractivity contribution in [2.24, 2.45) is 5.92 Å². The SMILES string of the molecule is COc1ccccc1C1CN(Cc2ccccc2)CC1CCl. The van der Waals surface area contributed by atoms with Crippen molar-refractivity contribution in [1.82, 2.24) is 4.90 Å². The predicted octanol–water partition coefficient (Wildman–Crippen LogP) is 4.15. The van der Waals surface area contributed by atoms with Gasteiger partial charge in [-0.25, -0.2) is 0 Å². The summed E-state index contributed by atoms with van der Waals surface area (Å²) in [5.74, 6) is 2.58. The molecule has 1 heterocycles. The highest BCUT2D eigenvalue weighted by Crippen LogP contribution is 2.38. The number of benzene rings is 2.